The molecule has 31 heavy (non-hydrogen) atoms. The number of fused-ring (bicyclic) bond motifs is 1. The molecule has 7 nitrogen and oxygen atoms in total. The summed E-state index contributed by atoms with van der Waals surface area (Å²) in [4.78, 5) is 29.6. The van der Waals surface area contributed by atoms with Gasteiger partial charge in [0.25, 0.3) is 0 Å². The summed E-state index contributed by atoms with van der Waals surface area (Å²) in [5.41, 5.74) is 3.74. The van der Waals surface area contributed by atoms with Crippen molar-refractivity contribution in [1.82, 2.24) is 14.9 Å². The number of amides is 2. The molecule has 0 spiro atoms. The van der Waals surface area contributed by atoms with Crippen molar-refractivity contribution in [3.8, 4) is 0 Å². The van der Waals surface area contributed by atoms with Crippen LogP contribution in [0.2, 0.25) is 0 Å². The zero-order chi connectivity index (χ0) is 21.6. The molecular formula is C24H28N4O3. The molecule has 0 aliphatic carbocycles. The fraction of sp³-hybridized carbons (Fsp3) is 0.375. The largest absolute Gasteiger partial charge is 0.368 e. The number of benzene rings is 2. The highest BCUT2D eigenvalue weighted by atomic mass is 16.5. The second kappa shape index (κ2) is 9.75. The Balaban J connectivity index is 1.44. The molecule has 3 aromatic rings. The van der Waals surface area contributed by atoms with Crippen LogP contribution in [0.1, 0.15) is 31.2 Å². The van der Waals surface area contributed by atoms with E-state index in [-0.39, 0.29) is 24.5 Å². The number of nitrogens with one attached hydrogen (secondary N) is 2. The fourth-order valence-electron chi connectivity index (χ4n) is 3.86. The number of hydrogen-bond donors (Lipinski definition) is 2. The van der Waals surface area contributed by atoms with E-state index in [0.29, 0.717) is 19.6 Å². The van der Waals surface area contributed by atoms with Gasteiger partial charge in [0.1, 0.15) is 18.5 Å². The average molecular weight is 421 g/mol. The molecule has 1 aliphatic heterocycles. The van der Waals surface area contributed by atoms with Crippen molar-refractivity contribution in [3.05, 3.63) is 59.9 Å². The van der Waals surface area contributed by atoms with Gasteiger partial charge in [-0.05, 0) is 49.1 Å². The maximum absolute atomic E-state index is 12.7. The molecule has 1 aliphatic rings. The highest BCUT2D eigenvalue weighted by Crippen LogP contribution is 2.18. The molecule has 1 unspecified atom stereocenters. The van der Waals surface area contributed by atoms with Gasteiger partial charge >= 0.3 is 0 Å². The monoisotopic (exact) mass is 420 g/mol. The van der Waals surface area contributed by atoms with E-state index in [1.54, 1.807) is 0 Å². The summed E-state index contributed by atoms with van der Waals surface area (Å²) in [6, 6.07) is 15.6. The zero-order valence-corrected chi connectivity index (χ0v) is 17.8. The minimum absolute atomic E-state index is 0.0755. The molecule has 0 radical (unpaired) electrons. The molecule has 7 heteroatoms. The van der Waals surface area contributed by atoms with Gasteiger partial charge in [0, 0.05) is 25.3 Å². The zero-order valence-electron chi connectivity index (χ0n) is 17.8. The molecule has 0 bridgehead atoms. The summed E-state index contributed by atoms with van der Waals surface area (Å²) < 4.78 is 7.35. The average Bonchev–Trinajstić information content (AvgIpc) is 3.43. The van der Waals surface area contributed by atoms with Crippen LogP contribution >= 0.6 is 0 Å². The molecular weight excluding hydrogens is 392 g/mol. The van der Waals surface area contributed by atoms with Gasteiger partial charge in [0.15, 0.2) is 0 Å². The third-order valence-electron chi connectivity index (χ3n) is 5.55. The van der Waals surface area contributed by atoms with E-state index in [0.717, 1.165) is 41.8 Å². The fourth-order valence-corrected chi connectivity index (χ4v) is 3.86. The Morgan fingerprint density at radius 2 is 1.97 bits per heavy atom. The Labute approximate surface area is 181 Å². The molecule has 4 rings (SSSR count). The molecule has 2 amide bonds. The first-order chi connectivity index (χ1) is 15.1. The topological polar surface area (TPSA) is 85.2 Å². The van der Waals surface area contributed by atoms with Gasteiger partial charge in [-0.15, -0.1) is 0 Å². The predicted molar refractivity (Wildman–Crippen MR) is 120 cm³/mol. The number of rotatable bonds is 8. The number of aryl methyl sites for hydroxylation is 1. The molecule has 1 atom stereocenters. The van der Waals surface area contributed by atoms with E-state index in [1.807, 2.05) is 53.1 Å². The van der Waals surface area contributed by atoms with E-state index < -0.39 is 0 Å². The van der Waals surface area contributed by atoms with Gasteiger partial charge in [-0.3, -0.25) is 9.59 Å². The summed E-state index contributed by atoms with van der Waals surface area (Å²) in [6.45, 7) is 3.35. The number of anilines is 1. The van der Waals surface area contributed by atoms with E-state index in [1.165, 1.54) is 5.56 Å². The van der Waals surface area contributed by atoms with Crippen LogP contribution in [0.15, 0.2) is 48.5 Å². The van der Waals surface area contributed by atoms with Crippen LogP contribution in [0.25, 0.3) is 11.0 Å². The first-order valence-electron chi connectivity index (χ1n) is 10.9. The van der Waals surface area contributed by atoms with Gasteiger partial charge in [0.2, 0.25) is 11.8 Å². The Bertz CT molecular complexity index is 1050. The lowest BCUT2D eigenvalue weighted by atomic mass is 10.1. The Hall–Kier alpha value is -3.19. The minimum Gasteiger partial charge on any atom is -0.368 e. The van der Waals surface area contributed by atoms with Crippen LogP contribution in [-0.4, -0.2) is 40.6 Å². The van der Waals surface area contributed by atoms with Gasteiger partial charge in [0.05, 0.1) is 11.0 Å². The van der Waals surface area contributed by atoms with Crippen molar-refractivity contribution >= 4 is 28.5 Å². The highest BCUT2D eigenvalue weighted by Gasteiger charge is 2.23. The van der Waals surface area contributed by atoms with Gasteiger partial charge in [-0.1, -0.05) is 31.2 Å². The molecule has 2 aromatic carbocycles. The second-order valence-corrected chi connectivity index (χ2v) is 7.74. The molecule has 1 saturated heterocycles. The van der Waals surface area contributed by atoms with Gasteiger partial charge < -0.3 is 19.9 Å². The van der Waals surface area contributed by atoms with Crippen molar-refractivity contribution < 1.29 is 14.3 Å². The van der Waals surface area contributed by atoms with Crippen molar-refractivity contribution in [3.63, 3.8) is 0 Å². The number of carbonyl (C=O) groups excluding carboxylic acids is 2. The second-order valence-electron chi connectivity index (χ2n) is 7.74. The summed E-state index contributed by atoms with van der Waals surface area (Å²) in [6.07, 6.45) is 2.84. The maximum atomic E-state index is 12.7. The van der Waals surface area contributed by atoms with Crippen LogP contribution in [0, 0.1) is 0 Å². The third kappa shape index (κ3) is 5.11. The first kappa shape index (κ1) is 21.1. The predicted octanol–water partition coefficient (Wildman–Crippen LogP) is 3.08. The number of carbonyl (C=O) groups is 2. The van der Waals surface area contributed by atoms with E-state index >= 15 is 0 Å². The molecule has 1 aromatic heterocycles. The third-order valence-corrected chi connectivity index (χ3v) is 5.55. The molecule has 162 valence electrons. The number of hydrogen-bond acceptors (Lipinski definition) is 4. The summed E-state index contributed by atoms with van der Waals surface area (Å²) in [5, 5.41) is 5.89. The lowest BCUT2D eigenvalue weighted by molar-refractivity contribution is -0.130. The number of para-hydroxylation sites is 2. The van der Waals surface area contributed by atoms with Crippen molar-refractivity contribution in [1.29, 1.82) is 0 Å². The van der Waals surface area contributed by atoms with Crippen LogP contribution in [0.3, 0.4) is 0 Å². The van der Waals surface area contributed by atoms with Crippen molar-refractivity contribution in [2.24, 2.45) is 0 Å². The van der Waals surface area contributed by atoms with Crippen LogP contribution in [-0.2, 0) is 33.7 Å². The smallest absolute Gasteiger partial charge is 0.249 e. The molecule has 1 fully saturated rings. The van der Waals surface area contributed by atoms with Crippen molar-refractivity contribution in [2.45, 2.75) is 45.3 Å². The Morgan fingerprint density at radius 1 is 1.16 bits per heavy atom. The first-order valence-corrected chi connectivity index (χ1v) is 10.9. The molecule has 2 N–H and O–H groups in total. The summed E-state index contributed by atoms with van der Waals surface area (Å²) in [7, 11) is 0. The summed E-state index contributed by atoms with van der Waals surface area (Å²) in [5.74, 6) is 0.579. The normalized spacial score (nSPS) is 15.8. The SMILES string of the molecule is CCc1ccc(NC(=O)Cn2c(CCNC(=O)C3CCCO3)nc3ccccc32)cc1. The van der Waals surface area contributed by atoms with E-state index in [4.69, 9.17) is 9.72 Å². The number of nitrogens with zero attached hydrogens (tertiary/aromatic N) is 2. The standard InChI is InChI=1S/C24H28N4O3/c1-2-17-9-11-18(12-10-17)26-23(29)16-28-20-7-4-3-6-19(20)27-22(28)13-14-25-24(30)21-8-5-15-31-21/h3-4,6-7,9-12,21H,2,5,8,13-16H2,1H3,(H,25,30)(H,26,29). The number of aromatic nitrogens is 2. The van der Waals surface area contributed by atoms with Gasteiger partial charge in [-0.2, -0.15) is 0 Å². The lowest BCUT2D eigenvalue weighted by Crippen LogP contribution is -2.35. The quantitative estimate of drug-likeness (QED) is 0.587. The number of imidazole rings is 1. The Morgan fingerprint density at radius 3 is 2.71 bits per heavy atom. The van der Waals surface area contributed by atoms with Gasteiger partial charge in [-0.25, -0.2) is 4.98 Å². The minimum atomic E-state index is -0.344. The summed E-state index contributed by atoms with van der Waals surface area (Å²) >= 11 is 0. The lowest BCUT2D eigenvalue weighted by Gasteiger charge is -2.12. The van der Waals surface area contributed by atoms with Crippen molar-refractivity contribution in [2.75, 3.05) is 18.5 Å². The van der Waals surface area contributed by atoms with Crippen LogP contribution in [0.4, 0.5) is 5.69 Å². The van der Waals surface area contributed by atoms with Crippen LogP contribution in [0.5, 0.6) is 0 Å². The molecule has 2 heterocycles. The van der Waals surface area contributed by atoms with E-state index in [9.17, 15) is 9.59 Å². The Kier molecular flexibility index (Phi) is 6.62. The number of ether oxygens (including phenoxy) is 1. The van der Waals surface area contributed by atoms with E-state index in [2.05, 4.69) is 17.6 Å². The van der Waals surface area contributed by atoms with Crippen LogP contribution < -0.4 is 10.6 Å². The molecule has 0 saturated carbocycles. The highest BCUT2D eigenvalue weighted by molar-refractivity contribution is 5.91. The maximum Gasteiger partial charge on any atom is 0.249 e.